The van der Waals surface area contributed by atoms with E-state index in [2.05, 4.69) is 13.8 Å². The van der Waals surface area contributed by atoms with Crippen molar-refractivity contribution in [1.82, 2.24) is 0 Å². The lowest BCUT2D eigenvalue weighted by Gasteiger charge is -2.25. The standard InChI is InChI=1S/C10H18/c1-10(2)7-6-8-4-3-5-9(8)10/h8-9H,3-7H2,1-2H3/t8?,9-/m1/s1. The number of hydrogen-bond donors (Lipinski definition) is 0. The van der Waals surface area contributed by atoms with Gasteiger partial charge < -0.3 is 0 Å². The van der Waals surface area contributed by atoms with Gasteiger partial charge in [-0.25, -0.2) is 0 Å². The number of rotatable bonds is 0. The average Bonchev–Trinajstić information content (AvgIpc) is 2.36. The van der Waals surface area contributed by atoms with E-state index in [1.165, 1.54) is 32.1 Å². The molecule has 0 radical (unpaired) electrons. The predicted molar refractivity (Wildman–Crippen MR) is 43.8 cm³/mol. The normalized spacial score (nSPS) is 43.8. The van der Waals surface area contributed by atoms with E-state index < -0.39 is 0 Å². The van der Waals surface area contributed by atoms with Gasteiger partial charge in [-0.2, -0.15) is 0 Å². The Bertz CT molecular complexity index is 135. The summed E-state index contributed by atoms with van der Waals surface area (Å²) in [5, 5.41) is 0. The van der Waals surface area contributed by atoms with Gasteiger partial charge in [0.25, 0.3) is 0 Å². The molecular formula is C10H18. The second-order valence-corrected chi connectivity index (χ2v) is 4.82. The first kappa shape index (κ1) is 6.69. The molecule has 0 heteroatoms. The van der Waals surface area contributed by atoms with Crippen molar-refractivity contribution in [3.63, 3.8) is 0 Å². The van der Waals surface area contributed by atoms with Crippen LogP contribution in [0.15, 0.2) is 0 Å². The Morgan fingerprint density at radius 2 is 1.90 bits per heavy atom. The lowest BCUT2D eigenvalue weighted by atomic mass is 9.80. The molecule has 0 heterocycles. The van der Waals surface area contributed by atoms with Gasteiger partial charge >= 0.3 is 0 Å². The van der Waals surface area contributed by atoms with E-state index in [4.69, 9.17) is 0 Å². The molecular weight excluding hydrogens is 120 g/mol. The Hall–Kier alpha value is 0. The highest BCUT2D eigenvalue weighted by Gasteiger charge is 2.43. The lowest BCUT2D eigenvalue weighted by molar-refractivity contribution is 0.241. The Balaban J connectivity index is 2.16. The molecule has 1 unspecified atom stereocenters. The van der Waals surface area contributed by atoms with Crippen molar-refractivity contribution < 1.29 is 0 Å². The number of fused-ring (bicyclic) bond motifs is 1. The summed E-state index contributed by atoms with van der Waals surface area (Å²) in [7, 11) is 0. The van der Waals surface area contributed by atoms with Gasteiger partial charge in [-0.15, -0.1) is 0 Å². The molecule has 10 heavy (non-hydrogen) atoms. The van der Waals surface area contributed by atoms with Gasteiger partial charge in [0.15, 0.2) is 0 Å². The zero-order valence-electron chi connectivity index (χ0n) is 7.19. The van der Waals surface area contributed by atoms with Crippen LogP contribution in [0.5, 0.6) is 0 Å². The molecule has 2 fully saturated rings. The third-order valence-electron chi connectivity index (χ3n) is 3.82. The Morgan fingerprint density at radius 3 is 2.60 bits per heavy atom. The third-order valence-corrected chi connectivity index (χ3v) is 3.82. The fourth-order valence-electron chi connectivity index (χ4n) is 3.15. The van der Waals surface area contributed by atoms with E-state index in [-0.39, 0.29) is 0 Å². The van der Waals surface area contributed by atoms with Crippen LogP contribution < -0.4 is 0 Å². The highest BCUT2D eigenvalue weighted by atomic mass is 14.5. The molecule has 0 saturated heterocycles. The van der Waals surface area contributed by atoms with Gasteiger partial charge in [0.1, 0.15) is 0 Å². The van der Waals surface area contributed by atoms with E-state index in [1.54, 1.807) is 0 Å². The molecule has 0 bridgehead atoms. The molecule has 0 aromatic heterocycles. The Labute approximate surface area is 64.0 Å². The molecule has 58 valence electrons. The summed E-state index contributed by atoms with van der Waals surface area (Å²) in [5.41, 5.74) is 0.696. The van der Waals surface area contributed by atoms with E-state index in [0.717, 1.165) is 11.8 Å². The number of hydrogen-bond acceptors (Lipinski definition) is 0. The van der Waals surface area contributed by atoms with Crippen LogP contribution in [0.3, 0.4) is 0 Å². The molecule has 2 aliphatic rings. The van der Waals surface area contributed by atoms with Gasteiger partial charge in [-0.3, -0.25) is 0 Å². The van der Waals surface area contributed by atoms with Gasteiger partial charge in [0.2, 0.25) is 0 Å². The smallest absolute Gasteiger partial charge is 0.0323 e. The zero-order chi connectivity index (χ0) is 7.19. The van der Waals surface area contributed by atoms with Crippen LogP contribution in [-0.4, -0.2) is 0 Å². The van der Waals surface area contributed by atoms with Crippen LogP contribution in [0, 0.1) is 17.3 Å². The molecule has 0 nitrogen and oxygen atoms in total. The first-order chi connectivity index (χ1) is 4.70. The van der Waals surface area contributed by atoms with Crippen molar-refractivity contribution in [3.8, 4) is 0 Å². The minimum atomic E-state index is 0.696. The van der Waals surface area contributed by atoms with Crippen LogP contribution in [0.1, 0.15) is 46.0 Å². The lowest BCUT2D eigenvalue weighted by Crippen LogP contribution is -2.17. The van der Waals surface area contributed by atoms with E-state index >= 15 is 0 Å². The Morgan fingerprint density at radius 1 is 1.10 bits per heavy atom. The maximum absolute atomic E-state index is 2.46. The first-order valence-corrected chi connectivity index (χ1v) is 4.70. The summed E-state index contributed by atoms with van der Waals surface area (Å²) >= 11 is 0. The highest BCUT2D eigenvalue weighted by Crippen LogP contribution is 2.54. The summed E-state index contributed by atoms with van der Waals surface area (Å²) in [6, 6.07) is 0. The van der Waals surface area contributed by atoms with Crippen molar-refractivity contribution >= 4 is 0 Å². The van der Waals surface area contributed by atoms with E-state index in [1.807, 2.05) is 0 Å². The van der Waals surface area contributed by atoms with Crippen molar-refractivity contribution in [2.75, 3.05) is 0 Å². The molecule has 0 amide bonds. The molecule has 2 atom stereocenters. The molecule has 2 rings (SSSR count). The fourth-order valence-corrected chi connectivity index (χ4v) is 3.15. The van der Waals surface area contributed by atoms with Gasteiger partial charge in [-0.1, -0.05) is 26.7 Å². The van der Waals surface area contributed by atoms with Gasteiger partial charge in [0.05, 0.1) is 0 Å². The summed E-state index contributed by atoms with van der Waals surface area (Å²) < 4.78 is 0. The molecule has 0 aromatic carbocycles. The quantitative estimate of drug-likeness (QED) is 0.482. The first-order valence-electron chi connectivity index (χ1n) is 4.70. The monoisotopic (exact) mass is 138 g/mol. The average molecular weight is 138 g/mol. The fraction of sp³-hybridized carbons (Fsp3) is 1.00. The third kappa shape index (κ3) is 0.810. The summed E-state index contributed by atoms with van der Waals surface area (Å²) in [6.45, 7) is 4.92. The summed E-state index contributed by atoms with van der Waals surface area (Å²) in [6.07, 6.45) is 7.59. The van der Waals surface area contributed by atoms with Gasteiger partial charge in [-0.05, 0) is 36.5 Å². The zero-order valence-corrected chi connectivity index (χ0v) is 7.19. The molecule has 0 aromatic rings. The van der Waals surface area contributed by atoms with Gasteiger partial charge in [0, 0.05) is 0 Å². The van der Waals surface area contributed by atoms with Crippen molar-refractivity contribution in [2.24, 2.45) is 17.3 Å². The van der Waals surface area contributed by atoms with Crippen molar-refractivity contribution in [2.45, 2.75) is 46.0 Å². The molecule has 0 spiro atoms. The van der Waals surface area contributed by atoms with Crippen LogP contribution in [0.25, 0.3) is 0 Å². The van der Waals surface area contributed by atoms with E-state index in [9.17, 15) is 0 Å². The highest BCUT2D eigenvalue weighted by molar-refractivity contribution is 4.94. The molecule has 2 aliphatic carbocycles. The van der Waals surface area contributed by atoms with Crippen molar-refractivity contribution in [3.05, 3.63) is 0 Å². The van der Waals surface area contributed by atoms with E-state index in [0.29, 0.717) is 5.41 Å². The maximum Gasteiger partial charge on any atom is -0.0323 e. The summed E-state index contributed by atoms with van der Waals surface area (Å²) in [5.74, 6) is 2.21. The Kier molecular flexibility index (Phi) is 1.33. The summed E-state index contributed by atoms with van der Waals surface area (Å²) in [4.78, 5) is 0. The van der Waals surface area contributed by atoms with Crippen LogP contribution in [0.2, 0.25) is 0 Å². The van der Waals surface area contributed by atoms with Crippen molar-refractivity contribution in [1.29, 1.82) is 0 Å². The SMILES string of the molecule is CC1(C)CCC2CCC[C@H]21. The molecule has 0 N–H and O–H groups in total. The maximum atomic E-state index is 2.46. The molecule has 0 aliphatic heterocycles. The minimum Gasteiger partial charge on any atom is -0.0596 e. The second-order valence-electron chi connectivity index (χ2n) is 4.82. The minimum absolute atomic E-state index is 0.696. The van der Waals surface area contributed by atoms with Crippen LogP contribution >= 0.6 is 0 Å². The van der Waals surface area contributed by atoms with Crippen LogP contribution in [0.4, 0.5) is 0 Å². The largest absolute Gasteiger partial charge is 0.0596 e. The van der Waals surface area contributed by atoms with Crippen LogP contribution in [-0.2, 0) is 0 Å². The predicted octanol–water partition coefficient (Wildman–Crippen LogP) is 3.22. The second kappa shape index (κ2) is 1.99. The molecule has 2 saturated carbocycles. The topological polar surface area (TPSA) is 0 Å².